The van der Waals surface area contributed by atoms with Crippen LogP contribution in [0.3, 0.4) is 0 Å². The highest BCUT2D eigenvalue weighted by Gasteiger charge is 2.32. The standard InChI is InChI=1S/C24H44O6/c1-19(2)13-9-7-5-6-8-12-17-27-23(25)29-21-14-10-11-15-22(21)30-24(26)28-18-16-20(3)4/h19-22H,5-18H2,1-4H3. The normalized spacial score (nSPS) is 19.0. The Bertz CT molecular complexity index is 463. The zero-order valence-electron chi connectivity index (χ0n) is 19.7. The van der Waals surface area contributed by atoms with Crippen LogP contribution in [0.2, 0.25) is 0 Å². The summed E-state index contributed by atoms with van der Waals surface area (Å²) in [4.78, 5) is 23.9. The quantitative estimate of drug-likeness (QED) is 0.218. The third kappa shape index (κ3) is 13.7. The fourth-order valence-electron chi connectivity index (χ4n) is 3.54. The molecule has 0 aromatic heterocycles. The molecule has 0 bridgehead atoms. The predicted molar refractivity (Wildman–Crippen MR) is 118 cm³/mol. The first kappa shape index (κ1) is 26.6. The molecule has 1 rings (SSSR count). The van der Waals surface area contributed by atoms with Gasteiger partial charge in [0.1, 0.15) is 12.2 Å². The first-order valence-corrected chi connectivity index (χ1v) is 12.0. The molecule has 0 saturated heterocycles. The molecule has 1 saturated carbocycles. The Balaban J connectivity index is 2.15. The van der Waals surface area contributed by atoms with Crippen molar-refractivity contribution in [3.63, 3.8) is 0 Å². The van der Waals surface area contributed by atoms with Crippen molar-refractivity contribution < 1.29 is 28.5 Å². The van der Waals surface area contributed by atoms with E-state index in [9.17, 15) is 9.59 Å². The van der Waals surface area contributed by atoms with Gasteiger partial charge in [-0.2, -0.15) is 0 Å². The van der Waals surface area contributed by atoms with Crippen LogP contribution in [0, 0.1) is 11.8 Å². The summed E-state index contributed by atoms with van der Waals surface area (Å²) < 4.78 is 21.2. The molecule has 2 unspecified atom stereocenters. The van der Waals surface area contributed by atoms with Gasteiger partial charge in [0.05, 0.1) is 13.2 Å². The minimum Gasteiger partial charge on any atom is -0.434 e. The topological polar surface area (TPSA) is 71.1 Å². The van der Waals surface area contributed by atoms with E-state index in [0.717, 1.165) is 38.0 Å². The number of rotatable bonds is 14. The molecule has 6 heteroatoms. The Labute approximate surface area is 183 Å². The molecule has 2 atom stereocenters. The zero-order chi connectivity index (χ0) is 22.2. The summed E-state index contributed by atoms with van der Waals surface area (Å²) in [6.45, 7) is 9.38. The van der Waals surface area contributed by atoms with Crippen molar-refractivity contribution >= 4 is 12.3 Å². The summed E-state index contributed by atoms with van der Waals surface area (Å²) >= 11 is 0. The van der Waals surface area contributed by atoms with Gasteiger partial charge in [-0.15, -0.1) is 0 Å². The Morgan fingerprint density at radius 1 is 0.667 bits per heavy atom. The molecular formula is C24H44O6. The maximum absolute atomic E-state index is 12.0. The lowest BCUT2D eigenvalue weighted by molar-refractivity contribution is -0.0715. The molecule has 0 aromatic carbocycles. The first-order chi connectivity index (χ1) is 14.4. The van der Waals surface area contributed by atoms with Gasteiger partial charge in [0.2, 0.25) is 0 Å². The van der Waals surface area contributed by atoms with E-state index in [1.54, 1.807) is 0 Å². The van der Waals surface area contributed by atoms with Crippen molar-refractivity contribution in [2.24, 2.45) is 11.8 Å². The smallest absolute Gasteiger partial charge is 0.434 e. The van der Waals surface area contributed by atoms with Crippen LogP contribution >= 0.6 is 0 Å². The van der Waals surface area contributed by atoms with Crippen LogP contribution in [0.4, 0.5) is 9.59 Å². The van der Waals surface area contributed by atoms with Gasteiger partial charge in [0.25, 0.3) is 0 Å². The summed E-state index contributed by atoms with van der Waals surface area (Å²) in [6, 6.07) is 0. The molecule has 30 heavy (non-hydrogen) atoms. The largest absolute Gasteiger partial charge is 0.508 e. The molecule has 0 aliphatic heterocycles. The monoisotopic (exact) mass is 428 g/mol. The lowest BCUT2D eigenvalue weighted by Crippen LogP contribution is -2.38. The van der Waals surface area contributed by atoms with Gasteiger partial charge < -0.3 is 18.9 Å². The van der Waals surface area contributed by atoms with Crippen molar-refractivity contribution in [2.75, 3.05) is 13.2 Å². The highest BCUT2D eigenvalue weighted by molar-refractivity contribution is 5.61. The van der Waals surface area contributed by atoms with Crippen molar-refractivity contribution in [1.29, 1.82) is 0 Å². The highest BCUT2D eigenvalue weighted by atomic mass is 16.8. The molecule has 0 heterocycles. The summed E-state index contributed by atoms with van der Waals surface area (Å²) in [6.07, 6.45) is 9.99. The van der Waals surface area contributed by atoms with Gasteiger partial charge in [-0.25, -0.2) is 9.59 Å². The van der Waals surface area contributed by atoms with E-state index in [4.69, 9.17) is 18.9 Å². The van der Waals surface area contributed by atoms with E-state index in [1.807, 2.05) is 0 Å². The summed E-state index contributed by atoms with van der Waals surface area (Å²) in [7, 11) is 0. The molecule has 176 valence electrons. The summed E-state index contributed by atoms with van der Waals surface area (Å²) in [5.41, 5.74) is 0. The van der Waals surface area contributed by atoms with E-state index in [0.29, 0.717) is 32.0 Å². The number of carbonyl (C=O) groups excluding carboxylic acids is 2. The van der Waals surface area contributed by atoms with Crippen LogP contribution in [0.5, 0.6) is 0 Å². The SMILES string of the molecule is CC(C)CCCCCCCCOC(=O)OC1CCCCC1OC(=O)OCCC(C)C. The van der Waals surface area contributed by atoms with E-state index in [-0.39, 0.29) is 0 Å². The van der Waals surface area contributed by atoms with Crippen molar-refractivity contribution in [3.8, 4) is 0 Å². The molecule has 6 nitrogen and oxygen atoms in total. The van der Waals surface area contributed by atoms with Gasteiger partial charge in [-0.1, -0.05) is 66.2 Å². The second-order valence-corrected chi connectivity index (χ2v) is 9.28. The fraction of sp³-hybridized carbons (Fsp3) is 0.917. The van der Waals surface area contributed by atoms with E-state index >= 15 is 0 Å². The van der Waals surface area contributed by atoms with Gasteiger partial charge >= 0.3 is 12.3 Å². The van der Waals surface area contributed by atoms with Gasteiger partial charge in [0, 0.05) is 0 Å². The van der Waals surface area contributed by atoms with Crippen molar-refractivity contribution in [2.45, 2.75) is 117 Å². The maximum Gasteiger partial charge on any atom is 0.508 e. The first-order valence-electron chi connectivity index (χ1n) is 12.0. The van der Waals surface area contributed by atoms with Gasteiger partial charge in [-0.05, 0) is 50.4 Å². The van der Waals surface area contributed by atoms with Crippen LogP contribution in [0.1, 0.15) is 105 Å². The van der Waals surface area contributed by atoms with Crippen LogP contribution in [-0.2, 0) is 18.9 Å². The third-order valence-electron chi connectivity index (χ3n) is 5.45. The molecule has 0 aromatic rings. The van der Waals surface area contributed by atoms with Crippen molar-refractivity contribution in [1.82, 2.24) is 0 Å². The number of carbonyl (C=O) groups is 2. The Kier molecular flexibility index (Phi) is 14.4. The lowest BCUT2D eigenvalue weighted by atomic mass is 9.95. The molecule has 1 fully saturated rings. The van der Waals surface area contributed by atoms with Crippen LogP contribution < -0.4 is 0 Å². The van der Waals surface area contributed by atoms with E-state index in [1.165, 1.54) is 32.1 Å². The summed E-state index contributed by atoms with van der Waals surface area (Å²) in [5, 5.41) is 0. The van der Waals surface area contributed by atoms with E-state index < -0.39 is 24.5 Å². The number of ether oxygens (including phenoxy) is 4. The lowest BCUT2D eigenvalue weighted by Gasteiger charge is -2.29. The predicted octanol–water partition coefficient (Wildman–Crippen LogP) is 7.04. The van der Waals surface area contributed by atoms with Crippen LogP contribution in [0.25, 0.3) is 0 Å². The molecule has 1 aliphatic carbocycles. The molecule has 0 N–H and O–H groups in total. The second-order valence-electron chi connectivity index (χ2n) is 9.28. The van der Waals surface area contributed by atoms with Crippen molar-refractivity contribution in [3.05, 3.63) is 0 Å². The number of hydrogen-bond acceptors (Lipinski definition) is 6. The molecule has 0 amide bonds. The van der Waals surface area contributed by atoms with Gasteiger partial charge in [0.15, 0.2) is 0 Å². The number of hydrogen-bond donors (Lipinski definition) is 0. The third-order valence-corrected chi connectivity index (χ3v) is 5.45. The maximum atomic E-state index is 12.0. The molecule has 1 aliphatic rings. The van der Waals surface area contributed by atoms with Gasteiger partial charge in [-0.3, -0.25) is 0 Å². The Morgan fingerprint density at radius 2 is 1.13 bits per heavy atom. The fourth-order valence-corrected chi connectivity index (χ4v) is 3.54. The van der Waals surface area contributed by atoms with Crippen LogP contribution in [0.15, 0.2) is 0 Å². The average molecular weight is 429 g/mol. The molecular weight excluding hydrogens is 384 g/mol. The highest BCUT2D eigenvalue weighted by Crippen LogP contribution is 2.25. The van der Waals surface area contributed by atoms with Crippen LogP contribution in [-0.4, -0.2) is 37.7 Å². The molecule has 0 radical (unpaired) electrons. The molecule has 0 spiro atoms. The summed E-state index contributed by atoms with van der Waals surface area (Å²) in [5.74, 6) is 1.25. The number of unbranched alkanes of at least 4 members (excludes halogenated alkanes) is 5. The minimum absolute atomic E-state index is 0.342. The minimum atomic E-state index is -0.682. The Hall–Kier alpha value is -1.46. The second kappa shape index (κ2) is 16.3. The Morgan fingerprint density at radius 3 is 1.67 bits per heavy atom. The van der Waals surface area contributed by atoms with E-state index in [2.05, 4.69) is 27.7 Å². The zero-order valence-corrected chi connectivity index (χ0v) is 19.7. The average Bonchev–Trinajstić information content (AvgIpc) is 2.67.